The van der Waals surface area contributed by atoms with Gasteiger partial charge in [0.05, 0.1) is 18.8 Å². The third kappa shape index (κ3) is 9.04. The molecule has 1 saturated heterocycles. The minimum absolute atomic E-state index is 0.165. The Morgan fingerprint density at radius 3 is 2.16 bits per heavy atom. The maximum Gasteiger partial charge on any atom is 0.302 e. The van der Waals surface area contributed by atoms with Crippen molar-refractivity contribution in [3.05, 3.63) is 0 Å². The van der Waals surface area contributed by atoms with Gasteiger partial charge in [0.2, 0.25) is 0 Å². The van der Waals surface area contributed by atoms with Crippen molar-refractivity contribution in [1.82, 2.24) is 0 Å². The lowest BCUT2D eigenvalue weighted by molar-refractivity contribution is -0.141. The first-order valence-corrected chi connectivity index (χ1v) is 8.03. The van der Waals surface area contributed by atoms with E-state index in [1.807, 2.05) is 0 Å². The van der Waals surface area contributed by atoms with Crippen LogP contribution >= 0.6 is 0 Å². The molecular formula is C16H30O3. The van der Waals surface area contributed by atoms with Crippen molar-refractivity contribution in [3.8, 4) is 0 Å². The number of carbonyl (C=O) groups is 1. The van der Waals surface area contributed by atoms with Crippen LogP contribution in [0.2, 0.25) is 0 Å². The summed E-state index contributed by atoms with van der Waals surface area (Å²) in [5.74, 6) is -0.165. The normalized spacial score (nSPS) is 21.4. The van der Waals surface area contributed by atoms with E-state index >= 15 is 0 Å². The molecule has 0 aliphatic carbocycles. The van der Waals surface area contributed by atoms with E-state index < -0.39 is 0 Å². The smallest absolute Gasteiger partial charge is 0.302 e. The summed E-state index contributed by atoms with van der Waals surface area (Å²) in [5.41, 5.74) is 0. The molecule has 1 rings (SSSR count). The van der Waals surface area contributed by atoms with Gasteiger partial charge in [-0.2, -0.15) is 0 Å². The monoisotopic (exact) mass is 270 g/mol. The molecule has 1 fully saturated rings. The van der Waals surface area contributed by atoms with Crippen molar-refractivity contribution in [2.75, 3.05) is 6.61 Å². The molecule has 0 bridgehead atoms. The van der Waals surface area contributed by atoms with Crippen molar-refractivity contribution in [3.63, 3.8) is 0 Å². The molecular weight excluding hydrogens is 240 g/mol. The molecule has 1 aliphatic rings. The average molecular weight is 270 g/mol. The number of ether oxygens (including phenoxy) is 2. The predicted octanol–water partition coefficient (Wildman–Crippen LogP) is 4.24. The van der Waals surface area contributed by atoms with Gasteiger partial charge in [0.1, 0.15) is 0 Å². The van der Waals surface area contributed by atoms with Crippen LogP contribution in [-0.2, 0) is 14.3 Å². The Morgan fingerprint density at radius 2 is 1.53 bits per heavy atom. The van der Waals surface area contributed by atoms with Crippen LogP contribution in [0.3, 0.4) is 0 Å². The third-order valence-electron chi connectivity index (χ3n) is 3.72. The highest BCUT2D eigenvalue weighted by atomic mass is 16.6. The van der Waals surface area contributed by atoms with E-state index in [0.717, 1.165) is 6.42 Å². The second kappa shape index (κ2) is 10.2. The summed E-state index contributed by atoms with van der Waals surface area (Å²) >= 11 is 0. The lowest BCUT2D eigenvalue weighted by Gasteiger charge is -2.02. The SMILES string of the molecule is CCCCC1OC1CCCCCCCCOC(C)=O. The molecule has 0 aromatic heterocycles. The Labute approximate surface area is 118 Å². The van der Waals surface area contributed by atoms with Gasteiger partial charge in [0, 0.05) is 6.92 Å². The van der Waals surface area contributed by atoms with E-state index in [4.69, 9.17) is 9.47 Å². The van der Waals surface area contributed by atoms with Gasteiger partial charge in [-0.15, -0.1) is 0 Å². The molecule has 0 saturated carbocycles. The topological polar surface area (TPSA) is 38.8 Å². The first-order valence-electron chi connectivity index (χ1n) is 8.03. The fourth-order valence-electron chi connectivity index (χ4n) is 2.46. The maximum absolute atomic E-state index is 10.5. The first-order chi connectivity index (χ1) is 9.24. The summed E-state index contributed by atoms with van der Waals surface area (Å²) in [7, 11) is 0. The van der Waals surface area contributed by atoms with Crippen LogP contribution in [0.25, 0.3) is 0 Å². The summed E-state index contributed by atoms with van der Waals surface area (Å²) in [6, 6.07) is 0. The molecule has 0 aromatic carbocycles. The van der Waals surface area contributed by atoms with Crippen LogP contribution in [0.1, 0.15) is 78.1 Å². The van der Waals surface area contributed by atoms with E-state index in [-0.39, 0.29) is 5.97 Å². The summed E-state index contributed by atoms with van der Waals surface area (Å²) in [4.78, 5) is 10.5. The van der Waals surface area contributed by atoms with Gasteiger partial charge in [0.25, 0.3) is 0 Å². The number of epoxide rings is 1. The highest BCUT2D eigenvalue weighted by molar-refractivity contribution is 5.65. The van der Waals surface area contributed by atoms with Crippen LogP contribution in [0.4, 0.5) is 0 Å². The number of hydrogen-bond donors (Lipinski definition) is 0. The standard InChI is InChI=1S/C16H30O3/c1-3-4-11-15-16(19-15)12-9-7-5-6-8-10-13-18-14(2)17/h15-16H,3-13H2,1-2H3. The zero-order valence-electron chi connectivity index (χ0n) is 12.7. The molecule has 0 N–H and O–H groups in total. The number of esters is 1. The Kier molecular flexibility index (Phi) is 8.89. The fraction of sp³-hybridized carbons (Fsp3) is 0.938. The Morgan fingerprint density at radius 1 is 0.947 bits per heavy atom. The number of carbonyl (C=O) groups excluding carboxylic acids is 1. The maximum atomic E-state index is 10.5. The van der Waals surface area contributed by atoms with Gasteiger partial charge in [-0.25, -0.2) is 0 Å². The molecule has 2 atom stereocenters. The molecule has 112 valence electrons. The van der Waals surface area contributed by atoms with E-state index in [0.29, 0.717) is 18.8 Å². The van der Waals surface area contributed by atoms with Crippen molar-refractivity contribution in [2.24, 2.45) is 0 Å². The molecule has 1 aliphatic heterocycles. The van der Waals surface area contributed by atoms with Crippen LogP contribution in [0.15, 0.2) is 0 Å². The predicted molar refractivity (Wildman–Crippen MR) is 77.1 cm³/mol. The number of hydrogen-bond acceptors (Lipinski definition) is 3. The van der Waals surface area contributed by atoms with Crippen molar-refractivity contribution in [1.29, 1.82) is 0 Å². The molecule has 3 heteroatoms. The van der Waals surface area contributed by atoms with Crippen LogP contribution in [-0.4, -0.2) is 24.8 Å². The summed E-state index contributed by atoms with van der Waals surface area (Å²) < 4.78 is 10.6. The molecule has 19 heavy (non-hydrogen) atoms. The Bertz CT molecular complexity index is 240. The van der Waals surface area contributed by atoms with Gasteiger partial charge in [-0.05, 0) is 19.3 Å². The summed E-state index contributed by atoms with van der Waals surface area (Å²) in [6.45, 7) is 4.29. The molecule has 0 radical (unpaired) electrons. The molecule has 0 aromatic rings. The Hall–Kier alpha value is -0.570. The molecule has 1 heterocycles. The van der Waals surface area contributed by atoms with Crippen LogP contribution in [0.5, 0.6) is 0 Å². The third-order valence-corrected chi connectivity index (χ3v) is 3.72. The molecule has 0 spiro atoms. The average Bonchev–Trinajstić information content (AvgIpc) is 3.12. The van der Waals surface area contributed by atoms with Crippen molar-refractivity contribution in [2.45, 2.75) is 90.3 Å². The van der Waals surface area contributed by atoms with E-state index in [2.05, 4.69) is 6.92 Å². The zero-order valence-corrected chi connectivity index (χ0v) is 12.7. The molecule has 2 unspecified atom stereocenters. The fourth-order valence-corrected chi connectivity index (χ4v) is 2.46. The lowest BCUT2D eigenvalue weighted by Crippen LogP contribution is -2.00. The highest BCUT2D eigenvalue weighted by Crippen LogP contribution is 2.31. The van der Waals surface area contributed by atoms with Gasteiger partial charge in [0.15, 0.2) is 0 Å². The van der Waals surface area contributed by atoms with Crippen LogP contribution < -0.4 is 0 Å². The van der Waals surface area contributed by atoms with Gasteiger partial charge in [-0.1, -0.05) is 51.9 Å². The minimum Gasteiger partial charge on any atom is -0.466 e. The quantitative estimate of drug-likeness (QED) is 0.302. The highest BCUT2D eigenvalue weighted by Gasteiger charge is 2.36. The van der Waals surface area contributed by atoms with Gasteiger partial charge >= 0.3 is 5.97 Å². The first kappa shape index (κ1) is 16.5. The Balaban J connectivity index is 1.74. The van der Waals surface area contributed by atoms with Gasteiger partial charge < -0.3 is 9.47 Å². The van der Waals surface area contributed by atoms with E-state index in [1.165, 1.54) is 64.7 Å². The molecule has 3 nitrogen and oxygen atoms in total. The molecule has 0 amide bonds. The number of unbranched alkanes of at least 4 members (excludes halogenated alkanes) is 6. The van der Waals surface area contributed by atoms with Crippen molar-refractivity contribution >= 4 is 5.97 Å². The van der Waals surface area contributed by atoms with E-state index in [9.17, 15) is 4.79 Å². The summed E-state index contributed by atoms with van der Waals surface area (Å²) in [5, 5.41) is 0. The summed E-state index contributed by atoms with van der Waals surface area (Å²) in [6.07, 6.45) is 13.6. The second-order valence-electron chi connectivity index (χ2n) is 5.61. The van der Waals surface area contributed by atoms with Gasteiger partial charge in [-0.3, -0.25) is 4.79 Å². The second-order valence-corrected chi connectivity index (χ2v) is 5.61. The minimum atomic E-state index is -0.165. The lowest BCUT2D eigenvalue weighted by atomic mass is 10.1. The van der Waals surface area contributed by atoms with Crippen LogP contribution in [0, 0.1) is 0 Å². The zero-order chi connectivity index (χ0) is 13.9. The number of rotatable bonds is 12. The largest absolute Gasteiger partial charge is 0.466 e. The van der Waals surface area contributed by atoms with Crippen molar-refractivity contribution < 1.29 is 14.3 Å². The van der Waals surface area contributed by atoms with E-state index in [1.54, 1.807) is 0 Å².